The van der Waals surface area contributed by atoms with Crippen LogP contribution in [0.25, 0.3) is 0 Å². The van der Waals surface area contributed by atoms with Crippen molar-refractivity contribution in [3.8, 4) is 0 Å². The van der Waals surface area contributed by atoms with E-state index in [1.165, 1.54) is 12.8 Å². The molecule has 1 aliphatic carbocycles. The molecular weight excluding hydrogens is 288 g/mol. The highest BCUT2D eigenvalue weighted by Crippen LogP contribution is 2.43. The number of hydrogen-bond donors (Lipinski definition) is 0. The van der Waals surface area contributed by atoms with Crippen LogP contribution in [0.15, 0.2) is 6.07 Å². The number of hydrogen-bond acceptors (Lipinski definition) is 4. The first-order valence-electron chi connectivity index (χ1n) is 8.91. The van der Waals surface area contributed by atoms with E-state index in [1.54, 1.807) is 0 Å². The van der Waals surface area contributed by atoms with Gasteiger partial charge >= 0.3 is 0 Å². The van der Waals surface area contributed by atoms with Gasteiger partial charge in [-0.2, -0.15) is 0 Å². The van der Waals surface area contributed by atoms with Crippen molar-refractivity contribution in [2.45, 2.75) is 58.4 Å². The van der Waals surface area contributed by atoms with E-state index in [1.807, 2.05) is 19.9 Å². The molecule has 0 atom stereocenters. The minimum absolute atomic E-state index is 0.339. The molecule has 2 saturated heterocycles. The molecule has 1 aromatic rings. The second-order valence-electron chi connectivity index (χ2n) is 7.69. The van der Waals surface area contributed by atoms with E-state index < -0.39 is 0 Å². The number of aromatic nitrogens is 2. The Morgan fingerprint density at radius 2 is 1.74 bits per heavy atom. The summed E-state index contributed by atoms with van der Waals surface area (Å²) in [4.78, 5) is 25.9. The predicted octanol–water partition coefficient (Wildman–Crippen LogP) is 2.46. The van der Waals surface area contributed by atoms with E-state index >= 15 is 0 Å². The topological polar surface area (TPSA) is 49.3 Å². The number of likely N-dealkylation sites (tertiary alicyclic amines) is 1. The Morgan fingerprint density at radius 3 is 2.35 bits per heavy atom. The van der Waals surface area contributed by atoms with Crippen molar-refractivity contribution in [3.05, 3.63) is 17.5 Å². The first-order valence-corrected chi connectivity index (χ1v) is 8.91. The van der Waals surface area contributed by atoms with Crippen molar-refractivity contribution >= 4 is 11.9 Å². The normalized spacial score (nSPS) is 24.3. The molecule has 0 radical (unpaired) electrons. The fourth-order valence-corrected chi connectivity index (χ4v) is 4.20. The molecule has 0 bridgehead atoms. The third kappa shape index (κ3) is 2.93. The molecule has 1 saturated carbocycles. The SMILES string of the molecule is Cc1cc(C)nc(N2CCC3(CCC(=O)N(C4CC4)C3)CC2)n1. The van der Waals surface area contributed by atoms with E-state index in [0.717, 1.165) is 62.7 Å². The van der Waals surface area contributed by atoms with Crippen LogP contribution >= 0.6 is 0 Å². The van der Waals surface area contributed by atoms with Gasteiger partial charge < -0.3 is 9.80 Å². The third-order valence-corrected chi connectivity index (χ3v) is 5.76. The lowest BCUT2D eigenvalue weighted by atomic mass is 9.72. The van der Waals surface area contributed by atoms with Gasteiger partial charge in [0.25, 0.3) is 0 Å². The molecule has 2 aliphatic heterocycles. The molecule has 3 aliphatic rings. The Hall–Kier alpha value is -1.65. The second-order valence-corrected chi connectivity index (χ2v) is 7.69. The zero-order valence-corrected chi connectivity index (χ0v) is 14.2. The predicted molar refractivity (Wildman–Crippen MR) is 89.4 cm³/mol. The van der Waals surface area contributed by atoms with E-state index in [4.69, 9.17) is 0 Å². The van der Waals surface area contributed by atoms with Crippen molar-refractivity contribution in [3.63, 3.8) is 0 Å². The zero-order chi connectivity index (χ0) is 16.0. The summed E-state index contributed by atoms with van der Waals surface area (Å²) >= 11 is 0. The summed E-state index contributed by atoms with van der Waals surface area (Å²) in [5, 5.41) is 0. The van der Waals surface area contributed by atoms with Crippen LogP contribution in [0.2, 0.25) is 0 Å². The molecule has 3 fully saturated rings. The molecule has 5 nitrogen and oxygen atoms in total. The van der Waals surface area contributed by atoms with Crippen LogP contribution in [0.5, 0.6) is 0 Å². The highest BCUT2D eigenvalue weighted by Gasteiger charge is 2.45. The van der Waals surface area contributed by atoms with Crippen LogP contribution in [0.1, 0.15) is 49.9 Å². The molecule has 124 valence electrons. The summed E-state index contributed by atoms with van der Waals surface area (Å²) in [5.74, 6) is 1.27. The van der Waals surface area contributed by atoms with Gasteiger partial charge in [0.15, 0.2) is 0 Å². The minimum Gasteiger partial charge on any atom is -0.341 e. The molecule has 1 aromatic heterocycles. The van der Waals surface area contributed by atoms with Crippen LogP contribution in [-0.2, 0) is 4.79 Å². The van der Waals surface area contributed by atoms with Gasteiger partial charge in [-0.1, -0.05) is 0 Å². The molecule has 1 spiro atoms. The average Bonchev–Trinajstić information content (AvgIpc) is 3.34. The molecule has 3 heterocycles. The van der Waals surface area contributed by atoms with Gasteiger partial charge in [-0.05, 0) is 57.4 Å². The molecule has 23 heavy (non-hydrogen) atoms. The quantitative estimate of drug-likeness (QED) is 0.841. The standard InChI is InChI=1S/C18H26N4O/c1-13-11-14(2)20-17(19-13)21-9-7-18(8-10-21)6-5-16(23)22(12-18)15-3-4-15/h11,15H,3-10,12H2,1-2H3. The van der Waals surface area contributed by atoms with Gasteiger partial charge in [0.1, 0.15) is 0 Å². The largest absolute Gasteiger partial charge is 0.341 e. The van der Waals surface area contributed by atoms with Crippen LogP contribution in [0, 0.1) is 19.3 Å². The minimum atomic E-state index is 0.339. The fourth-order valence-electron chi connectivity index (χ4n) is 4.20. The highest BCUT2D eigenvalue weighted by molar-refractivity contribution is 5.78. The van der Waals surface area contributed by atoms with Crippen LogP contribution in [-0.4, -0.2) is 46.5 Å². The van der Waals surface area contributed by atoms with Gasteiger partial charge in [-0.15, -0.1) is 0 Å². The summed E-state index contributed by atoms with van der Waals surface area (Å²) in [6, 6.07) is 2.58. The summed E-state index contributed by atoms with van der Waals surface area (Å²) in [6.07, 6.45) is 6.54. The van der Waals surface area contributed by atoms with Gasteiger partial charge in [-0.3, -0.25) is 4.79 Å². The van der Waals surface area contributed by atoms with E-state index in [9.17, 15) is 4.79 Å². The van der Waals surface area contributed by atoms with Crippen LogP contribution in [0.4, 0.5) is 5.95 Å². The van der Waals surface area contributed by atoms with Crippen molar-refractivity contribution < 1.29 is 4.79 Å². The fraction of sp³-hybridized carbons (Fsp3) is 0.722. The van der Waals surface area contributed by atoms with Crippen molar-refractivity contribution in [1.82, 2.24) is 14.9 Å². The molecule has 5 heteroatoms. The molecule has 0 aromatic carbocycles. The Balaban J connectivity index is 1.45. The average molecular weight is 314 g/mol. The first kappa shape index (κ1) is 14.9. The lowest BCUT2D eigenvalue weighted by Crippen LogP contribution is -2.52. The molecule has 1 amide bonds. The van der Waals surface area contributed by atoms with Crippen LogP contribution < -0.4 is 4.90 Å². The van der Waals surface area contributed by atoms with Gasteiger partial charge in [0.2, 0.25) is 11.9 Å². The highest BCUT2D eigenvalue weighted by atomic mass is 16.2. The zero-order valence-electron chi connectivity index (χ0n) is 14.2. The van der Waals surface area contributed by atoms with Crippen LogP contribution in [0.3, 0.4) is 0 Å². The number of rotatable bonds is 2. The molecule has 0 N–H and O–H groups in total. The third-order valence-electron chi connectivity index (χ3n) is 5.76. The summed E-state index contributed by atoms with van der Waals surface area (Å²) in [5.41, 5.74) is 2.42. The number of amides is 1. The van der Waals surface area contributed by atoms with Crippen molar-refractivity contribution in [2.24, 2.45) is 5.41 Å². The van der Waals surface area contributed by atoms with E-state index in [-0.39, 0.29) is 0 Å². The lowest BCUT2D eigenvalue weighted by molar-refractivity contribution is -0.139. The first-order chi connectivity index (χ1) is 11.0. The Bertz CT molecular complexity index is 597. The number of carbonyl (C=O) groups excluding carboxylic acids is 1. The molecule has 4 rings (SSSR count). The van der Waals surface area contributed by atoms with Gasteiger partial charge in [0, 0.05) is 43.5 Å². The van der Waals surface area contributed by atoms with E-state index in [0.29, 0.717) is 17.4 Å². The Labute approximate surface area is 138 Å². The van der Waals surface area contributed by atoms with Gasteiger partial charge in [-0.25, -0.2) is 9.97 Å². The number of piperidine rings is 2. The molecular formula is C18H26N4O. The van der Waals surface area contributed by atoms with Gasteiger partial charge in [0.05, 0.1) is 0 Å². The Kier molecular flexibility index (Phi) is 3.54. The summed E-state index contributed by atoms with van der Waals surface area (Å²) in [6.45, 7) is 7.07. The second kappa shape index (κ2) is 5.46. The summed E-state index contributed by atoms with van der Waals surface area (Å²) in [7, 11) is 0. The van der Waals surface area contributed by atoms with Crippen molar-refractivity contribution in [1.29, 1.82) is 0 Å². The maximum Gasteiger partial charge on any atom is 0.225 e. The monoisotopic (exact) mass is 314 g/mol. The number of anilines is 1. The van der Waals surface area contributed by atoms with Crippen molar-refractivity contribution in [2.75, 3.05) is 24.5 Å². The smallest absolute Gasteiger partial charge is 0.225 e. The Morgan fingerprint density at radius 1 is 1.09 bits per heavy atom. The maximum atomic E-state index is 12.2. The van der Waals surface area contributed by atoms with E-state index in [2.05, 4.69) is 19.8 Å². The number of nitrogens with zero attached hydrogens (tertiary/aromatic N) is 4. The maximum absolute atomic E-state index is 12.2. The number of carbonyl (C=O) groups is 1. The lowest BCUT2D eigenvalue weighted by Gasteiger charge is -2.47. The number of aryl methyl sites for hydroxylation is 2. The molecule has 0 unspecified atom stereocenters. The summed E-state index contributed by atoms with van der Waals surface area (Å²) < 4.78 is 0.